The lowest BCUT2D eigenvalue weighted by Crippen LogP contribution is -2.51. The van der Waals surface area contributed by atoms with E-state index < -0.39 is 15.4 Å². The smallest absolute Gasteiger partial charge is 0.288 e. The molecule has 0 amide bonds. The van der Waals surface area contributed by atoms with E-state index in [9.17, 15) is 13.2 Å². The molecule has 7 nitrogen and oxygen atoms in total. The summed E-state index contributed by atoms with van der Waals surface area (Å²) in [6, 6.07) is 0.132. The molecule has 0 N–H and O–H groups in total. The van der Waals surface area contributed by atoms with Gasteiger partial charge in [-0.1, -0.05) is 23.2 Å². The molecule has 1 aromatic rings. The van der Waals surface area contributed by atoms with E-state index in [1.807, 2.05) is 0 Å². The summed E-state index contributed by atoms with van der Waals surface area (Å²) in [5.41, 5.74) is -0.400. The maximum Gasteiger partial charge on any atom is 0.288 e. The first-order valence-electron chi connectivity index (χ1n) is 7.44. The van der Waals surface area contributed by atoms with E-state index in [-0.39, 0.29) is 21.8 Å². The van der Waals surface area contributed by atoms with Crippen LogP contribution in [0.15, 0.2) is 11.0 Å². The summed E-state index contributed by atoms with van der Waals surface area (Å²) >= 11 is 11.6. The van der Waals surface area contributed by atoms with Crippen molar-refractivity contribution in [3.05, 3.63) is 26.6 Å². The van der Waals surface area contributed by atoms with Gasteiger partial charge in [-0.15, -0.1) is 0 Å². The number of hydrogen-bond donors (Lipinski definition) is 0. The Morgan fingerprint density at radius 3 is 2.52 bits per heavy atom. The molecule has 0 radical (unpaired) electrons. The molecule has 0 spiro atoms. The molecule has 3 rings (SSSR count). The highest BCUT2D eigenvalue weighted by molar-refractivity contribution is 7.91. The van der Waals surface area contributed by atoms with Gasteiger partial charge in [0.1, 0.15) is 5.02 Å². The number of piperazine rings is 1. The number of nitrogens with zero attached hydrogens (tertiary/aromatic N) is 4. The molecule has 3 heterocycles. The molecule has 1 unspecified atom stereocenters. The fourth-order valence-corrected chi connectivity index (χ4v) is 5.10. The third-order valence-electron chi connectivity index (χ3n) is 4.41. The Bertz CT molecular complexity index is 744. The molecule has 2 fully saturated rings. The highest BCUT2D eigenvalue weighted by Gasteiger charge is 2.33. The van der Waals surface area contributed by atoms with E-state index >= 15 is 0 Å². The van der Waals surface area contributed by atoms with Crippen LogP contribution >= 0.6 is 23.2 Å². The molecule has 2 aliphatic rings. The molecule has 0 aromatic carbocycles. The van der Waals surface area contributed by atoms with Gasteiger partial charge in [-0.25, -0.2) is 13.1 Å². The normalized spacial score (nSPS) is 25.7. The van der Waals surface area contributed by atoms with Crippen LogP contribution in [0, 0.1) is 0 Å². The second-order valence-electron chi connectivity index (χ2n) is 5.96. The SMILES string of the molecule is O=c1c(Cl)c(Cl)cnn1CN1CCN(C2CCS(=O)(=O)C2)CC1. The Labute approximate surface area is 144 Å². The minimum atomic E-state index is -2.86. The molecule has 23 heavy (non-hydrogen) atoms. The summed E-state index contributed by atoms with van der Waals surface area (Å²) in [5.74, 6) is 0.557. The fourth-order valence-electron chi connectivity index (χ4n) is 3.07. The Balaban J connectivity index is 1.58. The minimum Gasteiger partial charge on any atom is -0.297 e. The van der Waals surface area contributed by atoms with Gasteiger partial charge in [0.2, 0.25) is 0 Å². The zero-order chi connectivity index (χ0) is 16.6. The van der Waals surface area contributed by atoms with Gasteiger partial charge in [-0.2, -0.15) is 5.10 Å². The van der Waals surface area contributed by atoms with Crippen molar-refractivity contribution in [2.45, 2.75) is 19.1 Å². The lowest BCUT2D eigenvalue weighted by molar-refractivity contribution is 0.0799. The summed E-state index contributed by atoms with van der Waals surface area (Å²) in [6.07, 6.45) is 2.08. The predicted molar refractivity (Wildman–Crippen MR) is 88.7 cm³/mol. The van der Waals surface area contributed by atoms with Crippen molar-refractivity contribution in [2.24, 2.45) is 0 Å². The molecular weight excluding hydrogens is 363 g/mol. The lowest BCUT2D eigenvalue weighted by atomic mass is 10.2. The third-order valence-corrected chi connectivity index (χ3v) is 6.91. The molecule has 0 aliphatic carbocycles. The Morgan fingerprint density at radius 1 is 1.22 bits per heavy atom. The molecule has 2 aliphatic heterocycles. The molecular formula is C13H18Cl2N4O3S. The van der Waals surface area contributed by atoms with Gasteiger partial charge >= 0.3 is 0 Å². The Kier molecular flexibility index (Phi) is 4.98. The van der Waals surface area contributed by atoms with Crippen molar-refractivity contribution in [3.63, 3.8) is 0 Å². The van der Waals surface area contributed by atoms with Crippen LogP contribution in [0.5, 0.6) is 0 Å². The van der Waals surface area contributed by atoms with Crippen LogP contribution in [0.2, 0.25) is 10.0 Å². The van der Waals surface area contributed by atoms with Crippen LogP contribution in [0.1, 0.15) is 6.42 Å². The lowest BCUT2D eigenvalue weighted by Gasteiger charge is -2.37. The highest BCUT2D eigenvalue weighted by Crippen LogP contribution is 2.19. The van der Waals surface area contributed by atoms with Crippen LogP contribution in [-0.4, -0.2) is 71.7 Å². The van der Waals surface area contributed by atoms with Crippen molar-refractivity contribution in [1.82, 2.24) is 19.6 Å². The maximum atomic E-state index is 12.0. The maximum absolute atomic E-state index is 12.0. The largest absolute Gasteiger partial charge is 0.297 e. The molecule has 0 bridgehead atoms. The first-order chi connectivity index (χ1) is 10.9. The molecule has 0 saturated carbocycles. The average molecular weight is 381 g/mol. The van der Waals surface area contributed by atoms with E-state index in [4.69, 9.17) is 23.2 Å². The predicted octanol–water partition coefficient (Wildman–Crippen LogP) is 0.312. The van der Waals surface area contributed by atoms with Crippen molar-refractivity contribution in [2.75, 3.05) is 37.7 Å². The van der Waals surface area contributed by atoms with E-state index in [1.54, 1.807) is 0 Å². The number of halogens is 2. The summed E-state index contributed by atoms with van der Waals surface area (Å²) in [4.78, 5) is 16.3. The number of sulfone groups is 1. The van der Waals surface area contributed by atoms with Crippen LogP contribution in [-0.2, 0) is 16.5 Å². The van der Waals surface area contributed by atoms with Crippen LogP contribution in [0.25, 0.3) is 0 Å². The van der Waals surface area contributed by atoms with Gasteiger partial charge in [-0.3, -0.25) is 14.6 Å². The average Bonchev–Trinajstić information content (AvgIpc) is 2.89. The quantitative estimate of drug-likeness (QED) is 0.751. The van der Waals surface area contributed by atoms with Crippen molar-refractivity contribution < 1.29 is 8.42 Å². The summed E-state index contributed by atoms with van der Waals surface area (Å²) in [5, 5.41) is 4.14. The second-order valence-corrected chi connectivity index (χ2v) is 8.98. The molecule has 10 heteroatoms. The summed E-state index contributed by atoms with van der Waals surface area (Å²) in [6.45, 7) is 3.44. The van der Waals surface area contributed by atoms with E-state index in [2.05, 4.69) is 14.9 Å². The Hall–Kier alpha value is -0.670. The molecule has 128 valence electrons. The monoisotopic (exact) mass is 380 g/mol. The number of aromatic nitrogens is 2. The van der Waals surface area contributed by atoms with Crippen LogP contribution < -0.4 is 5.56 Å². The Morgan fingerprint density at radius 2 is 1.91 bits per heavy atom. The molecule has 1 atom stereocenters. The van der Waals surface area contributed by atoms with Gasteiger partial charge in [0.05, 0.1) is 29.4 Å². The van der Waals surface area contributed by atoms with Crippen LogP contribution in [0.4, 0.5) is 0 Å². The highest BCUT2D eigenvalue weighted by atomic mass is 35.5. The van der Waals surface area contributed by atoms with E-state index in [0.717, 1.165) is 32.6 Å². The first-order valence-corrected chi connectivity index (χ1v) is 10.0. The summed E-state index contributed by atoms with van der Waals surface area (Å²) < 4.78 is 24.5. The van der Waals surface area contributed by atoms with Gasteiger partial charge < -0.3 is 0 Å². The molecule has 1 aromatic heterocycles. The van der Waals surface area contributed by atoms with E-state index in [1.165, 1.54) is 10.9 Å². The van der Waals surface area contributed by atoms with Gasteiger partial charge in [-0.05, 0) is 6.42 Å². The first kappa shape index (κ1) is 17.2. The van der Waals surface area contributed by atoms with Gasteiger partial charge in [0.25, 0.3) is 5.56 Å². The van der Waals surface area contributed by atoms with Crippen molar-refractivity contribution >= 4 is 33.0 Å². The topological polar surface area (TPSA) is 75.5 Å². The van der Waals surface area contributed by atoms with Gasteiger partial charge in [0, 0.05) is 32.2 Å². The third kappa shape index (κ3) is 3.88. The van der Waals surface area contributed by atoms with Crippen LogP contribution in [0.3, 0.4) is 0 Å². The standard InChI is InChI=1S/C13H18Cl2N4O3S/c14-11-7-16-19(13(20)12(11)15)9-17-2-4-18(5-3-17)10-1-6-23(21,22)8-10/h7,10H,1-6,8-9H2. The number of rotatable bonds is 3. The summed E-state index contributed by atoms with van der Waals surface area (Å²) in [7, 11) is -2.86. The molecule has 2 saturated heterocycles. The zero-order valence-corrected chi connectivity index (χ0v) is 14.8. The van der Waals surface area contributed by atoms with E-state index in [0.29, 0.717) is 12.4 Å². The van der Waals surface area contributed by atoms with Crippen molar-refractivity contribution in [3.8, 4) is 0 Å². The number of hydrogen-bond acceptors (Lipinski definition) is 6. The second kappa shape index (κ2) is 6.68. The fraction of sp³-hybridized carbons (Fsp3) is 0.692. The zero-order valence-electron chi connectivity index (χ0n) is 12.5. The van der Waals surface area contributed by atoms with Gasteiger partial charge in [0.15, 0.2) is 9.84 Å². The van der Waals surface area contributed by atoms with Crippen molar-refractivity contribution in [1.29, 1.82) is 0 Å². The minimum absolute atomic E-state index is 0.0172.